The van der Waals surface area contributed by atoms with E-state index in [-0.39, 0.29) is 17.7 Å². The molecule has 1 aromatic carbocycles. The second-order valence-electron chi connectivity index (χ2n) is 8.98. The van der Waals surface area contributed by atoms with Crippen LogP contribution in [0.4, 0.5) is 0 Å². The van der Waals surface area contributed by atoms with E-state index in [0.29, 0.717) is 43.6 Å². The molecular weight excluding hydrogens is 392 g/mol. The molecule has 2 aliphatic heterocycles. The lowest BCUT2D eigenvalue weighted by Crippen LogP contribution is -2.43. The number of nitrogens with zero attached hydrogens (tertiary/aromatic N) is 4. The molecule has 0 aliphatic carbocycles. The summed E-state index contributed by atoms with van der Waals surface area (Å²) in [5, 5.41) is 4.07. The van der Waals surface area contributed by atoms with Gasteiger partial charge in [0.15, 0.2) is 0 Å². The molecule has 0 bridgehead atoms. The third-order valence-corrected chi connectivity index (χ3v) is 6.47. The molecule has 7 nitrogen and oxygen atoms in total. The molecule has 4 rings (SSSR count). The van der Waals surface area contributed by atoms with E-state index in [0.717, 1.165) is 44.3 Å². The van der Waals surface area contributed by atoms with Crippen LogP contribution in [0, 0.1) is 5.92 Å². The SMILES string of the molecule is CC(C)c1ccc(-c2noc(CCC(=O)N3CCC(C(=O)N4CCCC4)CC3)n2)cc1. The molecule has 2 aromatic rings. The van der Waals surface area contributed by atoms with Crippen molar-refractivity contribution in [1.82, 2.24) is 19.9 Å². The van der Waals surface area contributed by atoms with E-state index in [4.69, 9.17) is 4.52 Å². The standard InChI is InChI=1S/C24H32N4O3/c1-17(2)18-5-7-19(8-6-18)23-25-21(31-26-23)9-10-22(29)27-15-11-20(12-16-27)24(30)28-13-3-4-14-28/h5-8,17,20H,3-4,9-16H2,1-2H3. The molecule has 2 fully saturated rings. The van der Waals surface area contributed by atoms with Crippen LogP contribution in [-0.2, 0) is 16.0 Å². The summed E-state index contributed by atoms with van der Waals surface area (Å²) in [5.74, 6) is 1.96. The number of likely N-dealkylation sites (tertiary alicyclic amines) is 2. The van der Waals surface area contributed by atoms with Crippen LogP contribution in [0.1, 0.15) is 63.3 Å². The van der Waals surface area contributed by atoms with Crippen LogP contribution in [0.15, 0.2) is 28.8 Å². The van der Waals surface area contributed by atoms with E-state index in [1.807, 2.05) is 21.9 Å². The summed E-state index contributed by atoms with van der Waals surface area (Å²) >= 11 is 0. The zero-order valence-electron chi connectivity index (χ0n) is 18.5. The number of benzene rings is 1. The van der Waals surface area contributed by atoms with Crippen molar-refractivity contribution >= 4 is 11.8 Å². The Hall–Kier alpha value is -2.70. The van der Waals surface area contributed by atoms with Crippen LogP contribution in [-0.4, -0.2) is 57.9 Å². The van der Waals surface area contributed by atoms with Crippen molar-refractivity contribution in [2.24, 2.45) is 5.92 Å². The van der Waals surface area contributed by atoms with E-state index in [1.54, 1.807) is 0 Å². The van der Waals surface area contributed by atoms with Gasteiger partial charge in [0.2, 0.25) is 23.5 Å². The summed E-state index contributed by atoms with van der Waals surface area (Å²) in [4.78, 5) is 33.5. The van der Waals surface area contributed by atoms with Gasteiger partial charge in [-0.3, -0.25) is 9.59 Å². The Balaban J connectivity index is 1.24. The third kappa shape index (κ3) is 5.14. The quantitative estimate of drug-likeness (QED) is 0.707. The van der Waals surface area contributed by atoms with Gasteiger partial charge in [0.05, 0.1) is 0 Å². The van der Waals surface area contributed by atoms with Crippen molar-refractivity contribution in [3.05, 3.63) is 35.7 Å². The van der Waals surface area contributed by atoms with Gasteiger partial charge in [-0.2, -0.15) is 4.98 Å². The van der Waals surface area contributed by atoms with Gasteiger partial charge >= 0.3 is 0 Å². The highest BCUT2D eigenvalue weighted by Crippen LogP contribution is 2.23. The first-order chi connectivity index (χ1) is 15.0. The number of piperidine rings is 1. The molecule has 0 N–H and O–H groups in total. The number of carbonyl (C=O) groups excluding carboxylic acids is 2. The second-order valence-corrected chi connectivity index (χ2v) is 8.98. The Bertz CT molecular complexity index is 892. The monoisotopic (exact) mass is 424 g/mol. The first-order valence-electron chi connectivity index (χ1n) is 11.5. The average Bonchev–Trinajstić information content (AvgIpc) is 3.49. The Kier molecular flexibility index (Phi) is 6.68. The third-order valence-electron chi connectivity index (χ3n) is 6.47. The first kappa shape index (κ1) is 21.5. The van der Waals surface area contributed by atoms with E-state index in [1.165, 1.54) is 5.56 Å². The topological polar surface area (TPSA) is 79.5 Å². The first-order valence-corrected chi connectivity index (χ1v) is 11.5. The fourth-order valence-corrected chi connectivity index (χ4v) is 4.43. The Morgan fingerprint density at radius 3 is 2.35 bits per heavy atom. The molecule has 31 heavy (non-hydrogen) atoms. The van der Waals surface area contributed by atoms with Gasteiger partial charge < -0.3 is 14.3 Å². The van der Waals surface area contributed by atoms with Crippen LogP contribution >= 0.6 is 0 Å². The van der Waals surface area contributed by atoms with Gasteiger partial charge in [-0.15, -0.1) is 0 Å². The van der Waals surface area contributed by atoms with E-state index < -0.39 is 0 Å². The van der Waals surface area contributed by atoms with Crippen molar-refractivity contribution in [2.45, 2.75) is 58.3 Å². The molecular formula is C24H32N4O3. The molecule has 0 atom stereocenters. The highest BCUT2D eigenvalue weighted by Gasteiger charge is 2.31. The highest BCUT2D eigenvalue weighted by molar-refractivity contribution is 5.80. The fraction of sp³-hybridized carbons (Fsp3) is 0.583. The largest absolute Gasteiger partial charge is 0.343 e. The maximum Gasteiger partial charge on any atom is 0.227 e. The maximum absolute atomic E-state index is 12.6. The predicted molar refractivity (Wildman–Crippen MR) is 117 cm³/mol. The zero-order valence-corrected chi connectivity index (χ0v) is 18.5. The van der Waals surface area contributed by atoms with Crippen LogP contribution in [0.2, 0.25) is 0 Å². The Labute approximate surface area is 183 Å². The minimum absolute atomic E-state index is 0.0720. The number of rotatable bonds is 6. The van der Waals surface area contributed by atoms with Gasteiger partial charge in [-0.05, 0) is 37.2 Å². The normalized spacial score (nSPS) is 17.5. The van der Waals surface area contributed by atoms with Crippen LogP contribution < -0.4 is 0 Å². The second kappa shape index (κ2) is 9.62. The molecule has 7 heteroatoms. The molecule has 0 unspecified atom stereocenters. The fourth-order valence-electron chi connectivity index (χ4n) is 4.43. The van der Waals surface area contributed by atoms with Gasteiger partial charge in [-0.25, -0.2) is 0 Å². The number of aryl methyl sites for hydroxylation is 1. The summed E-state index contributed by atoms with van der Waals surface area (Å²) in [6, 6.07) is 8.17. The number of amides is 2. The Morgan fingerprint density at radius 1 is 1.03 bits per heavy atom. The summed E-state index contributed by atoms with van der Waals surface area (Å²) in [7, 11) is 0. The number of hydrogen-bond acceptors (Lipinski definition) is 5. The molecule has 0 radical (unpaired) electrons. The smallest absolute Gasteiger partial charge is 0.227 e. The summed E-state index contributed by atoms with van der Waals surface area (Å²) in [6.45, 7) is 7.41. The molecule has 2 aliphatic rings. The lowest BCUT2D eigenvalue weighted by atomic mass is 9.95. The minimum atomic E-state index is 0.0720. The van der Waals surface area contributed by atoms with Gasteiger partial charge in [-0.1, -0.05) is 43.3 Å². The van der Waals surface area contributed by atoms with E-state index >= 15 is 0 Å². The minimum Gasteiger partial charge on any atom is -0.343 e. The summed E-state index contributed by atoms with van der Waals surface area (Å²) in [5.41, 5.74) is 2.18. The average molecular weight is 425 g/mol. The van der Waals surface area contributed by atoms with Crippen molar-refractivity contribution in [2.75, 3.05) is 26.2 Å². The summed E-state index contributed by atoms with van der Waals surface area (Å²) in [6.07, 6.45) is 4.53. The predicted octanol–water partition coefficient (Wildman–Crippen LogP) is 3.65. The lowest BCUT2D eigenvalue weighted by Gasteiger charge is -2.33. The Morgan fingerprint density at radius 2 is 1.71 bits per heavy atom. The van der Waals surface area contributed by atoms with Crippen LogP contribution in [0.25, 0.3) is 11.4 Å². The highest BCUT2D eigenvalue weighted by atomic mass is 16.5. The lowest BCUT2D eigenvalue weighted by molar-refractivity contribution is -0.140. The van der Waals surface area contributed by atoms with Gasteiger partial charge in [0.1, 0.15) is 0 Å². The maximum atomic E-state index is 12.6. The van der Waals surface area contributed by atoms with Crippen LogP contribution in [0.3, 0.4) is 0 Å². The van der Waals surface area contributed by atoms with Crippen LogP contribution in [0.5, 0.6) is 0 Å². The van der Waals surface area contributed by atoms with E-state index in [9.17, 15) is 9.59 Å². The number of hydrogen-bond donors (Lipinski definition) is 0. The molecule has 2 amide bonds. The molecule has 1 aromatic heterocycles. The van der Waals surface area contributed by atoms with Gasteiger partial charge in [0, 0.05) is 50.5 Å². The summed E-state index contributed by atoms with van der Waals surface area (Å²) < 4.78 is 5.36. The van der Waals surface area contributed by atoms with Crippen molar-refractivity contribution in [3.63, 3.8) is 0 Å². The number of carbonyl (C=O) groups is 2. The van der Waals surface area contributed by atoms with Crippen molar-refractivity contribution in [1.29, 1.82) is 0 Å². The molecule has 3 heterocycles. The molecule has 2 saturated heterocycles. The van der Waals surface area contributed by atoms with Crippen molar-refractivity contribution < 1.29 is 14.1 Å². The molecule has 0 saturated carbocycles. The van der Waals surface area contributed by atoms with Crippen molar-refractivity contribution in [3.8, 4) is 11.4 Å². The van der Waals surface area contributed by atoms with E-state index in [2.05, 4.69) is 36.1 Å². The zero-order chi connectivity index (χ0) is 21.8. The van der Waals surface area contributed by atoms with Gasteiger partial charge in [0.25, 0.3) is 0 Å². The number of aromatic nitrogens is 2. The molecule has 0 spiro atoms. The molecule has 166 valence electrons.